The third-order valence-corrected chi connectivity index (χ3v) is 1.25. The molecule has 0 unspecified atom stereocenters. The van der Waals surface area contributed by atoms with Gasteiger partial charge in [-0.3, -0.25) is 4.98 Å². The van der Waals surface area contributed by atoms with E-state index in [1.807, 2.05) is 0 Å². The molecule has 11 heavy (non-hydrogen) atoms. The molecule has 3 N–H and O–H groups in total. The molecule has 0 aromatic carbocycles. The van der Waals surface area contributed by atoms with Crippen molar-refractivity contribution in [1.82, 2.24) is 9.97 Å². The van der Waals surface area contributed by atoms with Crippen molar-refractivity contribution in [2.24, 2.45) is 0 Å². The Bertz CT molecular complexity index is 238. The summed E-state index contributed by atoms with van der Waals surface area (Å²) in [5.74, 6) is 0.710. The maximum Gasteiger partial charge on any atom is 0.0599 e. The SMILES string of the molecule is Cc1nc(C)c(N)c([NH-])n1.[Y]. The Morgan fingerprint density at radius 1 is 1.27 bits per heavy atom. The van der Waals surface area contributed by atoms with Crippen LogP contribution in [0.5, 0.6) is 0 Å². The Hall–Kier alpha value is -0.216. The first-order valence-corrected chi connectivity index (χ1v) is 2.93. The molecule has 0 fully saturated rings. The van der Waals surface area contributed by atoms with Crippen LogP contribution in [0.2, 0.25) is 0 Å². The van der Waals surface area contributed by atoms with Crippen LogP contribution in [0.3, 0.4) is 0 Å². The van der Waals surface area contributed by atoms with Crippen LogP contribution < -0.4 is 5.73 Å². The van der Waals surface area contributed by atoms with Gasteiger partial charge < -0.3 is 16.5 Å². The molecule has 0 saturated heterocycles. The van der Waals surface area contributed by atoms with Gasteiger partial charge in [0.05, 0.1) is 11.4 Å². The average Bonchev–Trinajstić information content (AvgIpc) is 1.82. The summed E-state index contributed by atoms with van der Waals surface area (Å²) in [6, 6.07) is 0. The summed E-state index contributed by atoms with van der Waals surface area (Å²) in [5.41, 5.74) is 13.7. The average molecular weight is 226 g/mol. The zero-order chi connectivity index (χ0) is 7.72. The van der Waals surface area contributed by atoms with E-state index in [4.69, 9.17) is 11.5 Å². The van der Waals surface area contributed by atoms with Gasteiger partial charge in [0.15, 0.2) is 0 Å². The molecule has 1 heterocycles. The van der Waals surface area contributed by atoms with Crippen LogP contribution in [0.15, 0.2) is 0 Å². The van der Waals surface area contributed by atoms with Crippen LogP contribution in [0.1, 0.15) is 11.5 Å². The van der Waals surface area contributed by atoms with Crippen molar-refractivity contribution in [3.63, 3.8) is 0 Å². The van der Waals surface area contributed by atoms with Gasteiger partial charge in [-0.15, -0.1) is 0 Å². The molecule has 1 rings (SSSR count). The number of anilines is 1. The second-order valence-corrected chi connectivity index (χ2v) is 2.12. The molecule has 1 radical (unpaired) electrons. The number of hydrogen-bond acceptors (Lipinski definition) is 3. The van der Waals surface area contributed by atoms with Crippen molar-refractivity contribution in [2.45, 2.75) is 13.8 Å². The van der Waals surface area contributed by atoms with E-state index in [9.17, 15) is 0 Å². The molecule has 0 aliphatic rings. The summed E-state index contributed by atoms with van der Waals surface area (Å²) in [6.07, 6.45) is 0. The van der Waals surface area contributed by atoms with Gasteiger partial charge in [0.1, 0.15) is 0 Å². The van der Waals surface area contributed by atoms with Crippen LogP contribution in [-0.4, -0.2) is 9.97 Å². The summed E-state index contributed by atoms with van der Waals surface area (Å²) >= 11 is 0. The van der Waals surface area contributed by atoms with Crippen molar-refractivity contribution >= 4 is 11.5 Å². The first-order valence-electron chi connectivity index (χ1n) is 2.93. The number of hydrogen-bond donors (Lipinski definition) is 1. The Morgan fingerprint density at radius 3 is 2.27 bits per heavy atom. The summed E-state index contributed by atoms with van der Waals surface area (Å²) in [6.45, 7) is 3.51. The molecule has 0 bridgehead atoms. The van der Waals surface area contributed by atoms with E-state index in [2.05, 4.69) is 9.97 Å². The predicted octanol–water partition coefficient (Wildman–Crippen LogP) is 1.36. The molecule has 0 amide bonds. The van der Waals surface area contributed by atoms with Crippen molar-refractivity contribution in [1.29, 1.82) is 0 Å². The smallest absolute Gasteiger partial charge is 0.0599 e. The topological polar surface area (TPSA) is 75.6 Å². The van der Waals surface area contributed by atoms with Gasteiger partial charge in [-0.05, 0) is 19.7 Å². The molecular weight excluding hydrogens is 217 g/mol. The first kappa shape index (κ1) is 10.8. The van der Waals surface area contributed by atoms with Gasteiger partial charge in [-0.25, -0.2) is 0 Å². The first-order chi connectivity index (χ1) is 4.61. The molecule has 0 atom stereocenters. The third-order valence-electron chi connectivity index (χ3n) is 1.25. The van der Waals surface area contributed by atoms with Crippen molar-refractivity contribution in [3.8, 4) is 0 Å². The second kappa shape index (κ2) is 3.97. The number of nitrogen functional groups attached to an aromatic ring is 1. The van der Waals surface area contributed by atoms with Gasteiger partial charge in [0.25, 0.3) is 0 Å². The molecule has 0 saturated carbocycles. The maximum absolute atomic E-state index is 7.23. The predicted molar refractivity (Wildman–Crippen MR) is 39.9 cm³/mol. The summed E-state index contributed by atoms with van der Waals surface area (Å²) < 4.78 is 0. The number of nitrogens with zero attached hydrogens (tertiary/aromatic N) is 2. The Kier molecular flexibility index (Phi) is 3.90. The van der Waals surface area contributed by atoms with E-state index < -0.39 is 0 Å². The van der Waals surface area contributed by atoms with E-state index in [1.54, 1.807) is 13.8 Å². The molecular formula is C6H9N4Y-. The van der Waals surface area contributed by atoms with E-state index in [-0.39, 0.29) is 38.5 Å². The fourth-order valence-corrected chi connectivity index (χ4v) is 0.721. The zero-order valence-electron chi connectivity index (χ0n) is 6.55. The fraction of sp³-hybridized carbons (Fsp3) is 0.333. The minimum Gasteiger partial charge on any atom is -0.480 e. The van der Waals surface area contributed by atoms with E-state index in [0.717, 1.165) is 0 Å². The normalized spacial score (nSPS) is 8.91. The molecule has 4 nitrogen and oxygen atoms in total. The van der Waals surface area contributed by atoms with Crippen LogP contribution in [0, 0.1) is 13.8 Å². The van der Waals surface area contributed by atoms with Crippen LogP contribution >= 0.6 is 0 Å². The van der Waals surface area contributed by atoms with E-state index in [1.165, 1.54) is 0 Å². The quantitative estimate of drug-likeness (QED) is 0.725. The van der Waals surface area contributed by atoms with Crippen LogP contribution in [0.25, 0.3) is 5.73 Å². The van der Waals surface area contributed by atoms with Gasteiger partial charge in [0, 0.05) is 38.5 Å². The molecule has 1 aromatic rings. The third kappa shape index (κ3) is 2.38. The number of nitrogens with two attached hydrogens (primary N) is 1. The van der Waals surface area contributed by atoms with Crippen LogP contribution in [-0.2, 0) is 32.7 Å². The molecule has 1 aromatic heterocycles. The standard InChI is InChI=1S/C6H9N4.Y/c1-3-5(7)6(8)10-4(2)9-3;/h7H2,1-2H3,(H-,8,9,10);/q-1;. The zero-order valence-corrected chi connectivity index (χ0v) is 9.39. The van der Waals surface area contributed by atoms with Gasteiger partial charge in [0.2, 0.25) is 0 Å². The van der Waals surface area contributed by atoms with Gasteiger partial charge >= 0.3 is 0 Å². The van der Waals surface area contributed by atoms with Crippen molar-refractivity contribution in [3.05, 3.63) is 17.3 Å². The molecule has 0 spiro atoms. The van der Waals surface area contributed by atoms with Crippen molar-refractivity contribution < 1.29 is 32.7 Å². The minimum absolute atomic E-state index is 0. The minimum atomic E-state index is 0. The second-order valence-electron chi connectivity index (χ2n) is 2.12. The molecule has 57 valence electrons. The fourth-order valence-electron chi connectivity index (χ4n) is 0.721. The van der Waals surface area contributed by atoms with E-state index >= 15 is 0 Å². The summed E-state index contributed by atoms with van der Waals surface area (Å²) in [7, 11) is 0. The molecule has 5 heteroatoms. The summed E-state index contributed by atoms with van der Waals surface area (Å²) in [5, 5.41) is 0. The van der Waals surface area contributed by atoms with Gasteiger partial charge in [-0.1, -0.05) is 0 Å². The Morgan fingerprint density at radius 2 is 1.82 bits per heavy atom. The maximum atomic E-state index is 7.23. The number of nitrogens with one attached hydrogen (secondary N) is 1. The van der Waals surface area contributed by atoms with Gasteiger partial charge in [-0.2, -0.15) is 0 Å². The van der Waals surface area contributed by atoms with Crippen molar-refractivity contribution in [2.75, 3.05) is 5.73 Å². The number of rotatable bonds is 0. The van der Waals surface area contributed by atoms with E-state index in [0.29, 0.717) is 17.2 Å². The largest absolute Gasteiger partial charge is 0.480 e. The monoisotopic (exact) mass is 226 g/mol. The molecule has 0 aliphatic heterocycles. The van der Waals surface area contributed by atoms with Crippen LogP contribution in [0.4, 0.5) is 11.5 Å². The Labute approximate surface area is 90.7 Å². The Balaban J connectivity index is 0.000001000. The molecule has 0 aliphatic carbocycles. The summed E-state index contributed by atoms with van der Waals surface area (Å²) in [4.78, 5) is 7.74. The number of aryl methyl sites for hydroxylation is 2. The number of aromatic nitrogens is 2.